The lowest BCUT2D eigenvalue weighted by Gasteiger charge is -2.36. The van der Waals surface area contributed by atoms with Gasteiger partial charge in [-0.25, -0.2) is 0 Å². The SMILES string of the molecule is CN=C(NCC(C)CN1CCCC1)N1CC2OCCN(Cc3ccccc3)C2C1.I. The summed E-state index contributed by atoms with van der Waals surface area (Å²) in [5.74, 6) is 1.65. The lowest BCUT2D eigenvalue weighted by atomic mass is 10.1. The number of likely N-dealkylation sites (tertiary alicyclic amines) is 2. The van der Waals surface area contributed by atoms with Crippen LogP contribution < -0.4 is 5.32 Å². The second-order valence-electron chi connectivity index (χ2n) is 8.88. The molecule has 30 heavy (non-hydrogen) atoms. The Balaban J connectivity index is 0.00000256. The number of aliphatic imine (C=N–C) groups is 1. The average Bonchev–Trinajstić information content (AvgIpc) is 3.39. The summed E-state index contributed by atoms with van der Waals surface area (Å²) in [6.45, 7) is 11.8. The van der Waals surface area contributed by atoms with Gasteiger partial charge in [-0.1, -0.05) is 37.3 Å². The summed E-state index contributed by atoms with van der Waals surface area (Å²) in [5.41, 5.74) is 1.38. The third-order valence-electron chi connectivity index (χ3n) is 6.53. The number of morpholine rings is 1. The summed E-state index contributed by atoms with van der Waals surface area (Å²) in [7, 11) is 1.90. The zero-order valence-electron chi connectivity index (χ0n) is 18.5. The standard InChI is InChI=1S/C23H37N5O.HI/c1-19(15-26-10-6-7-11-26)14-25-23(24-2)28-17-21-22(18-28)29-13-12-27(21)16-20-8-4-3-5-9-20;/h3-5,8-9,19,21-22H,6-7,10-18H2,1-2H3,(H,24,25);1H. The molecule has 3 unspecified atom stereocenters. The normalized spacial score (nSPS) is 26.3. The maximum absolute atomic E-state index is 6.14. The molecule has 3 aliphatic heterocycles. The van der Waals surface area contributed by atoms with E-state index in [-0.39, 0.29) is 30.1 Å². The van der Waals surface area contributed by atoms with E-state index in [1.807, 2.05) is 7.05 Å². The predicted octanol–water partition coefficient (Wildman–Crippen LogP) is 2.50. The number of ether oxygens (including phenoxy) is 1. The molecule has 0 bridgehead atoms. The van der Waals surface area contributed by atoms with Gasteiger partial charge in [-0.2, -0.15) is 0 Å². The van der Waals surface area contributed by atoms with Crippen molar-refractivity contribution in [3.63, 3.8) is 0 Å². The van der Waals surface area contributed by atoms with Crippen LogP contribution in [0.1, 0.15) is 25.3 Å². The van der Waals surface area contributed by atoms with Crippen LogP contribution in [-0.4, -0.2) is 92.3 Å². The first-order valence-electron chi connectivity index (χ1n) is 11.3. The maximum atomic E-state index is 6.14. The number of nitrogens with one attached hydrogen (secondary N) is 1. The number of nitrogens with zero attached hydrogens (tertiary/aromatic N) is 4. The molecule has 3 atom stereocenters. The predicted molar refractivity (Wildman–Crippen MR) is 134 cm³/mol. The molecular weight excluding hydrogens is 489 g/mol. The second-order valence-corrected chi connectivity index (χ2v) is 8.88. The van der Waals surface area contributed by atoms with Crippen molar-refractivity contribution in [3.8, 4) is 0 Å². The molecule has 4 rings (SSSR count). The Morgan fingerprint density at radius 1 is 1.17 bits per heavy atom. The molecule has 168 valence electrons. The van der Waals surface area contributed by atoms with Gasteiger partial charge < -0.3 is 19.9 Å². The van der Waals surface area contributed by atoms with Crippen LogP contribution in [0.25, 0.3) is 0 Å². The van der Waals surface area contributed by atoms with E-state index in [2.05, 4.69) is 62.3 Å². The van der Waals surface area contributed by atoms with Crippen molar-refractivity contribution >= 4 is 29.9 Å². The fourth-order valence-corrected chi connectivity index (χ4v) is 5.01. The highest BCUT2D eigenvalue weighted by atomic mass is 127. The summed E-state index contributed by atoms with van der Waals surface area (Å²) in [5, 5.41) is 3.63. The minimum Gasteiger partial charge on any atom is -0.373 e. The minimum absolute atomic E-state index is 0. The van der Waals surface area contributed by atoms with E-state index in [4.69, 9.17) is 4.74 Å². The topological polar surface area (TPSA) is 43.3 Å². The van der Waals surface area contributed by atoms with Gasteiger partial charge in [-0.3, -0.25) is 9.89 Å². The molecule has 3 heterocycles. The number of halogens is 1. The monoisotopic (exact) mass is 527 g/mol. The summed E-state index contributed by atoms with van der Waals surface area (Å²) in [4.78, 5) is 12.2. The van der Waals surface area contributed by atoms with Gasteiger partial charge >= 0.3 is 0 Å². The summed E-state index contributed by atoms with van der Waals surface area (Å²) >= 11 is 0. The summed E-state index contributed by atoms with van der Waals surface area (Å²) < 4.78 is 6.14. The molecule has 6 nitrogen and oxygen atoms in total. The highest BCUT2D eigenvalue weighted by Crippen LogP contribution is 2.24. The molecule has 0 saturated carbocycles. The summed E-state index contributed by atoms with van der Waals surface area (Å²) in [6, 6.07) is 11.2. The highest BCUT2D eigenvalue weighted by Gasteiger charge is 2.41. The van der Waals surface area contributed by atoms with Gasteiger partial charge in [-0.05, 0) is 37.4 Å². The Bertz CT molecular complexity index is 667. The fraction of sp³-hybridized carbons (Fsp3) is 0.696. The first-order valence-corrected chi connectivity index (χ1v) is 11.3. The lowest BCUT2D eigenvalue weighted by Crippen LogP contribution is -2.50. The highest BCUT2D eigenvalue weighted by molar-refractivity contribution is 14.0. The van der Waals surface area contributed by atoms with Crippen molar-refractivity contribution < 1.29 is 4.74 Å². The summed E-state index contributed by atoms with van der Waals surface area (Å²) in [6.07, 6.45) is 2.99. The van der Waals surface area contributed by atoms with Crippen LogP contribution in [0.3, 0.4) is 0 Å². The molecule has 1 aromatic carbocycles. The Kier molecular flexibility index (Phi) is 9.22. The molecule has 0 aromatic heterocycles. The van der Waals surface area contributed by atoms with Gasteiger partial charge in [0, 0.05) is 46.3 Å². The van der Waals surface area contributed by atoms with E-state index < -0.39 is 0 Å². The zero-order chi connectivity index (χ0) is 20.1. The first kappa shape index (κ1) is 23.8. The first-order chi connectivity index (χ1) is 14.2. The van der Waals surface area contributed by atoms with Gasteiger partial charge in [0.2, 0.25) is 0 Å². The number of benzene rings is 1. The van der Waals surface area contributed by atoms with Gasteiger partial charge in [0.05, 0.1) is 18.8 Å². The van der Waals surface area contributed by atoms with Crippen molar-refractivity contribution in [2.45, 2.75) is 38.5 Å². The van der Waals surface area contributed by atoms with E-state index >= 15 is 0 Å². The van der Waals surface area contributed by atoms with Gasteiger partial charge in [-0.15, -0.1) is 24.0 Å². The van der Waals surface area contributed by atoms with Crippen LogP contribution in [0.2, 0.25) is 0 Å². The third-order valence-corrected chi connectivity index (χ3v) is 6.53. The number of fused-ring (bicyclic) bond motifs is 1. The molecule has 3 saturated heterocycles. The lowest BCUT2D eigenvalue weighted by molar-refractivity contribution is -0.0502. The molecule has 0 amide bonds. The van der Waals surface area contributed by atoms with Crippen molar-refractivity contribution in [1.82, 2.24) is 20.0 Å². The Morgan fingerprint density at radius 2 is 1.93 bits per heavy atom. The Morgan fingerprint density at radius 3 is 2.67 bits per heavy atom. The Labute approximate surface area is 199 Å². The molecule has 0 radical (unpaired) electrons. The molecule has 1 N–H and O–H groups in total. The van der Waals surface area contributed by atoms with Gasteiger partial charge in [0.15, 0.2) is 5.96 Å². The average molecular weight is 527 g/mol. The molecule has 0 spiro atoms. The zero-order valence-corrected chi connectivity index (χ0v) is 20.8. The number of hydrogen-bond donors (Lipinski definition) is 1. The molecule has 7 heteroatoms. The maximum Gasteiger partial charge on any atom is 0.193 e. The van der Waals surface area contributed by atoms with Crippen LogP contribution in [-0.2, 0) is 11.3 Å². The van der Waals surface area contributed by atoms with Crippen LogP contribution >= 0.6 is 24.0 Å². The van der Waals surface area contributed by atoms with Crippen molar-refractivity contribution in [2.24, 2.45) is 10.9 Å². The van der Waals surface area contributed by atoms with Crippen molar-refractivity contribution in [1.29, 1.82) is 0 Å². The van der Waals surface area contributed by atoms with Crippen LogP contribution in [0, 0.1) is 5.92 Å². The van der Waals surface area contributed by atoms with Crippen LogP contribution in [0.4, 0.5) is 0 Å². The smallest absolute Gasteiger partial charge is 0.193 e. The fourth-order valence-electron chi connectivity index (χ4n) is 5.01. The van der Waals surface area contributed by atoms with E-state index in [1.54, 1.807) is 0 Å². The third kappa shape index (κ3) is 6.08. The number of rotatable bonds is 6. The molecule has 3 aliphatic rings. The molecule has 1 aromatic rings. The van der Waals surface area contributed by atoms with E-state index in [0.29, 0.717) is 12.0 Å². The quantitative estimate of drug-likeness (QED) is 0.350. The van der Waals surface area contributed by atoms with Gasteiger partial charge in [0.1, 0.15) is 0 Å². The number of guanidine groups is 1. The van der Waals surface area contributed by atoms with E-state index in [0.717, 1.165) is 45.3 Å². The molecule has 3 fully saturated rings. The molecule has 0 aliphatic carbocycles. The number of hydrogen-bond acceptors (Lipinski definition) is 4. The van der Waals surface area contributed by atoms with E-state index in [9.17, 15) is 0 Å². The Hall–Kier alpha value is -0.900. The minimum atomic E-state index is 0. The van der Waals surface area contributed by atoms with Crippen LogP contribution in [0.15, 0.2) is 35.3 Å². The van der Waals surface area contributed by atoms with Crippen molar-refractivity contribution in [3.05, 3.63) is 35.9 Å². The second kappa shape index (κ2) is 11.6. The van der Waals surface area contributed by atoms with Crippen LogP contribution in [0.5, 0.6) is 0 Å². The van der Waals surface area contributed by atoms with Gasteiger partial charge in [0.25, 0.3) is 0 Å². The molecular formula is C23H38IN5O. The van der Waals surface area contributed by atoms with Crippen molar-refractivity contribution in [2.75, 3.05) is 59.5 Å². The van der Waals surface area contributed by atoms with E-state index in [1.165, 1.54) is 38.0 Å². The largest absolute Gasteiger partial charge is 0.373 e.